The molecule has 17 heavy (non-hydrogen) atoms. The first kappa shape index (κ1) is 14.2. The van der Waals surface area contributed by atoms with Crippen molar-refractivity contribution in [2.45, 2.75) is 25.8 Å². The van der Waals surface area contributed by atoms with Gasteiger partial charge < -0.3 is 9.64 Å². The molecule has 0 radical (unpaired) electrons. The van der Waals surface area contributed by atoms with Crippen molar-refractivity contribution in [1.82, 2.24) is 4.98 Å². The van der Waals surface area contributed by atoms with Crippen LogP contribution in [0.3, 0.4) is 0 Å². The van der Waals surface area contributed by atoms with Crippen molar-refractivity contribution < 1.29 is 9.13 Å². The quantitative estimate of drug-likeness (QED) is 0.736. The number of methoxy groups -OCH3 is 1. The lowest BCUT2D eigenvalue weighted by Gasteiger charge is -2.29. The molecule has 0 fully saturated rings. The van der Waals surface area contributed by atoms with E-state index in [9.17, 15) is 4.39 Å². The van der Waals surface area contributed by atoms with E-state index in [0.717, 1.165) is 0 Å². The standard InChI is InChI=1S/C12H18ClFN2O/c1-4-16(9(2)8-17-3)12-11(14)10(7-13)5-6-15-12/h5-6,9H,4,7-8H2,1-3H3. The van der Waals surface area contributed by atoms with E-state index in [4.69, 9.17) is 16.3 Å². The Labute approximate surface area is 107 Å². The molecular weight excluding hydrogens is 243 g/mol. The van der Waals surface area contributed by atoms with Crippen LogP contribution >= 0.6 is 11.6 Å². The van der Waals surface area contributed by atoms with Gasteiger partial charge in [0.2, 0.25) is 0 Å². The van der Waals surface area contributed by atoms with Crippen molar-refractivity contribution in [1.29, 1.82) is 0 Å². The summed E-state index contributed by atoms with van der Waals surface area (Å²) in [4.78, 5) is 5.97. The van der Waals surface area contributed by atoms with Gasteiger partial charge in [0.05, 0.1) is 18.5 Å². The SMILES string of the molecule is CCN(c1nccc(CCl)c1F)C(C)COC. The molecule has 5 heteroatoms. The van der Waals surface area contributed by atoms with Gasteiger partial charge in [-0.2, -0.15) is 0 Å². The van der Waals surface area contributed by atoms with E-state index in [2.05, 4.69) is 4.98 Å². The molecule has 0 aliphatic heterocycles. The molecule has 0 spiro atoms. The highest BCUT2D eigenvalue weighted by Crippen LogP contribution is 2.22. The molecule has 0 saturated heterocycles. The average molecular weight is 261 g/mol. The molecule has 1 atom stereocenters. The molecule has 3 nitrogen and oxygen atoms in total. The fourth-order valence-electron chi connectivity index (χ4n) is 1.78. The zero-order valence-electron chi connectivity index (χ0n) is 10.4. The zero-order chi connectivity index (χ0) is 12.8. The maximum Gasteiger partial charge on any atom is 0.170 e. The summed E-state index contributed by atoms with van der Waals surface area (Å²) in [6, 6.07) is 1.67. The molecular formula is C12H18ClFN2O. The predicted octanol–water partition coefficient (Wildman–Crippen LogP) is 2.82. The highest BCUT2D eigenvalue weighted by Gasteiger charge is 2.19. The van der Waals surface area contributed by atoms with E-state index < -0.39 is 0 Å². The first-order chi connectivity index (χ1) is 8.15. The number of pyridine rings is 1. The van der Waals surface area contributed by atoms with Crippen LogP contribution in [0.1, 0.15) is 19.4 Å². The second-order valence-electron chi connectivity index (χ2n) is 3.83. The second kappa shape index (κ2) is 6.77. The number of rotatable bonds is 6. The minimum Gasteiger partial charge on any atom is -0.383 e. The molecule has 1 aromatic rings. The van der Waals surface area contributed by atoms with Crippen LogP contribution in [0.2, 0.25) is 0 Å². The van der Waals surface area contributed by atoms with Gasteiger partial charge in [-0.25, -0.2) is 9.37 Å². The van der Waals surface area contributed by atoms with Gasteiger partial charge in [0.25, 0.3) is 0 Å². The fourth-order valence-corrected chi connectivity index (χ4v) is 1.98. The largest absolute Gasteiger partial charge is 0.383 e. The summed E-state index contributed by atoms with van der Waals surface area (Å²) < 4.78 is 19.2. The van der Waals surface area contributed by atoms with Crippen molar-refractivity contribution in [3.8, 4) is 0 Å². The minimum absolute atomic E-state index is 0.0672. The van der Waals surface area contributed by atoms with Crippen molar-refractivity contribution in [3.63, 3.8) is 0 Å². The molecule has 0 amide bonds. The Kier molecular flexibility index (Phi) is 5.65. The molecule has 0 aromatic carbocycles. The summed E-state index contributed by atoms with van der Waals surface area (Å²) in [5, 5.41) is 0. The van der Waals surface area contributed by atoms with E-state index in [1.807, 2.05) is 18.7 Å². The van der Waals surface area contributed by atoms with Crippen LogP contribution in [0.4, 0.5) is 10.2 Å². The van der Waals surface area contributed by atoms with Gasteiger partial charge in [-0.3, -0.25) is 0 Å². The Hall–Kier alpha value is -0.870. The van der Waals surface area contributed by atoms with Crippen LogP contribution in [-0.4, -0.2) is 31.3 Å². The van der Waals surface area contributed by atoms with E-state index in [1.54, 1.807) is 19.4 Å². The molecule has 0 aliphatic rings. The Morgan fingerprint density at radius 2 is 2.29 bits per heavy atom. The van der Waals surface area contributed by atoms with Gasteiger partial charge in [-0.1, -0.05) is 0 Å². The fraction of sp³-hybridized carbons (Fsp3) is 0.583. The number of likely N-dealkylation sites (N-methyl/N-ethyl adjacent to an activating group) is 1. The molecule has 0 N–H and O–H groups in total. The highest BCUT2D eigenvalue weighted by atomic mass is 35.5. The van der Waals surface area contributed by atoms with Crippen LogP contribution < -0.4 is 4.90 Å². The Morgan fingerprint density at radius 3 is 2.82 bits per heavy atom. The van der Waals surface area contributed by atoms with E-state index >= 15 is 0 Å². The van der Waals surface area contributed by atoms with Gasteiger partial charge in [0.1, 0.15) is 0 Å². The summed E-state index contributed by atoms with van der Waals surface area (Å²) in [5.74, 6) is 0.153. The maximum absolute atomic E-state index is 14.1. The zero-order valence-corrected chi connectivity index (χ0v) is 11.2. The van der Waals surface area contributed by atoms with Crippen molar-refractivity contribution in [3.05, 3.63) is 23.6 Å². The maximum atomic E-state index is 14.1. The van der Waals surface area contributed by atoms with Crippen LogP contribution in [-0.2, 0) is 10.6 Å². The summed E-state index contributed by atoms with van der Waals surface area (Å²) in [6.45, 7) is 5.13. The molecule has 1 heterocycles. The summed E-state index contributed by atoms with van der Waals surface area (Å²) in [7, 11) is 1.63. The number of hydrogen-bond acceptors (Lipinski definition) is 3. The lowest BCUT2D eigenvalue weighted by Crippen LogP contribution is -2.37. The van der Waals surface area contributed by atoms with Gasteiger partial charge in [-0.05, 0) is 19.9 Å². The first-order valence-electron chi connectivity index (χ1n) is 5.60. The minimum atomic E-state index is -0.340. The summed E-state index contributed by atoms with van der Waals surface area (Å²) in [6.07, 6.45) is 1.58. The molecule has 0 aliphatic carbocycles. The number of aromatic nitrogens is 1. The van der Waals surface area contributed by atoms with Gasteiger partial charge >= 0.3 is 0 Å². The van der Waals surface area contributed by atoms with Gasteiger partial charge in [0.15, 0.2) is 11.6 Å². The number of halogens is 2. The lowest BCUT2D eigenvalue weighted by molar-refractivity contribution is 0.181. The van der Waals surface area contributed by atoms with E-state index in [1.165, 1.54) is 0 Å². The van der Waals surface area contributed by atoms with E-state index in [-0.39, 0.29) is 17.7 Å². The Balaban J connectivity index is 3.03. The summed E-state index contributed by atoms with van der Waals surface area (Å²) in [5.41, 5.74) is 0.472. The first-order valence-corrected chi connectivity index (χ1v) is 6.14. The van der Waals surface area contributed by atoms with Crippen LogP contribution in [0, 0.1) is 5.82 Å². The number of hydrogen-bond donors (Lipinski definition) is 0. The monoisotopic (exact) mass is 260 g/mol. The Bertz CT molecular complexity index is 362. The highest BCUT2D eigenvalue weighted by molar-refractivity contribution is 6.17. The van der Waals surface area contributed by atoms with Crippen LogP contribution in [0.5, 0.6) is 0 Å². The summed E-state index contributed by atoms with van der Waals surface area (Å²) >= 11 is 5.68. The number of anilines is 1. The smallest absolute Gasteiger partial charge is 0.170 e. The normalized spacial score (nSPS) is 12.5. The lowest BCUT2D eigenvalue weighted by atomic mass is 10.2. The number of nitrogens with zero attached hydrogens (tertiary/aromatic N) is 2. The topological polar surface area (TPSA) is 25.4 Å². The molecule has 1 aromatic heterocycles. The van der Waals surface area contributed by atoms with Crippen LogP contribution in [0.15, 0.2) is 12.3 Å². The average Bonchev–Trinajstić information content (AvgIpc) is 2.32. The third-order valence-corrected chi connectivity index (χ3v) is 2.94. The molecule has 96 valence electrons. The van der Waals surface area contributed by atoms with Crippen molar-refractivity contribution in [2.24, 2.45) is 0 Å². The third kappa shape index (κ3) is 3.30. The van der Waals surface area contributed by atoms with Gasteiger partial charge in [0, 0.05) is 25.4 Å². The Morgan fingerprint density at radius 1 is 1.59 bits per heavy atom. The van der Waals surface area contributed by atoms with E-state index in [0.29, 0.717) is 24.5 Å². The van der Waals surface area contributed by atoms with Crippen molar-refractivity contribution in [2.75, 3.05) is 25.2 Å². The van der Waals surface area contributed by atoms with Crippen molar-refractivity contribution >= 4 is 17.4 Å². The molecule has 1 unspecified atom stereocenters. The van der Waals surface area contributed by atoms with Gasteiger partial charge in [-0.15, -0.1) is 11.6 Å². The number of ether oxygens (including phenoxy) is 1. The second-order valence-corrected chi connectivity index (χ2v) is 4.10. The predicted molar refractivity (Wildman–Crippen MR) is 68.1 cm³/mol. The molecule has 1 rings (SSSR count). The molecule has 0 bridgehead atoms. The van der Waals surface area contributed by atoms with Crippen LogP contribution in [0.25, 0.3) is 0 Å². The number of alkyl halides is 1. The third-order valence-electron chi connectivity index (χ3n) is 2.65. The molecule has 0 saturated carbocycles.